The fraction of sp³-hybridized carbons (Fsp3) is 0.400. The van der Waals surface area contributed by atoms with Crippen molar-refractivity contribution in [3.63, 3.8) is 0 Å². The van der Waals surface area contributed by atoms with Gasteiger partial charge in [0.05, 0.1) is 0 Å². The summed E-state index contributed by atoms with van der Waals surface area (Å²) in [7, 11) is 0. The Hall–Kier alpha value is -0.930. The van der Waals surface area contributed by atoms with Crippen LogP contribution in [0.25, 0.3) is 0 Å². The minimum Gasteiger partial charge on any atom is -0.449 e. The number of nitrogens with zero attached hydrogens (tertiary/aromatic N) is 1. The summed E-state index contributed by atoms with van der Waals surface area (Å²) in [6.45, 7) is 1.52. The number of rotatable bonds is 1. The number of hydrogen-bond acceptors (Lipinski definition) is 2. The second-order valence-corrected chi connectivity index (χ2v) is 1.59. The van der Waals surface area contributed by atoms with E-state index < -0.39 is 6.43 Å². The topological polar surface area (TPSA) is 26.0 Å². The zero-order chi connectivity index (χ0) is 6.85. The van der Waals surface area contributed by atoms with Gasteiger partial charge in [0.25, 0.3) is 6.43 Å². The second-order valence-electron chi connectivity index (χ2n) is 1.59. The summed E-state index contributed by atoms with van der Waals surface area (Å²) in [4.78, 5) is 3.39. The van der Waals surface area contributed by atoms with E-state index in [1.807, 2.05) is 0 Å². The van der Waals surface area contributed by atoms with E-state index in [4.69, 9.17) is 0 Å². The molecular formula is C5H5F2NO. The van der Waals surface area contributed by atoms with Crippen molar-refractivity contribution in [3.05, 3.63) is 17.8 Å². The summed E-state index contributed by atoms with van der Waals surface area (Å²) in [5.41, 5.74) is -0.299. The third-order valence-corrected chi connectivity index (χ3v) is 0.860. The van der Waals surface area contributed by atoms with Gasteiger partial charge in [-0.3, -0.25) is 0 Å². The predicted octanol–water partition coefficient (Wildman–Crippen LogP) is 1.92. The number of oxazole rings is 1. The molecule has 0 aliphatic rings. The lowest BCUT2D eigenvalue weighted by Crippen LogP contribution is -1.81. The maximum absolute atomic E-state index is 11.7. The minimum atomic E-state index is -2.53. The van der Waals surface area contributed by atoms with Crippen molar-refractivity contribution in [3.8, 4) is 0 Å². The van der Waals surface area contributed by atoms with Crippen LogP contribution in [0.1, 0.15) is 18.0 Å². The number of alkyl halides is 2. The molecule has 0 N–H and O–H groups in total. The first-order chi connectivity index (χ1) is 4.20. The van der Waals surface area contributed by atoms with Gasteiger partial charge in [-0.15, -0.1) is 0 Å². The number of aryl methyl sites for hydroxylation is 1. The molecule has 0 bridgehead atoms. The first kappa shape index (κ1) is 6.19. The van der Waals surface area contributed by atoms with E-state index in [9.17, 15) is 8.78 Å². The van der Waals surface area contributed by atoms with E-state index in [2.05, 4.69) is 9.40 Å². The maximum Gasteiger partial charge on any atom is 0.283 e. The summed E-state index contributed by atoms with van der Waals surface area (Å²) in [6.07, 6.45) is -1.57. The highest BCUT2D eigenvalue weighted by molar-refractivity contribution is 4.95. The zero-order valence-corrected chi connectivity index (χ0v) is 4.77. The Labute approximate surface area is 50.5 Å². The molecule has 1 heterocycles. The van der Waals surface area contributed by atoms with Crippen LogP contribution in [-0.4, -0.2) is 4.98 Å². The van der Waals surface area contributed by atoms with Crippen molar-refractivity contribution in [1.29, 1.82) is 0 Å². The third-order valence-electron chi connectivity index (χ3n) is 0.860. The van der Waals surface area contributed by atoms with E-state index in [1.165, 1.54) is 6.92 Å². The number of aromatic nitrogens is 1. The predicted molar refractivity (Wildman–Crippen MR) is 26.2 cm³/mol. The Morgan fingerprint density at radius 3 is 2.56 bits per heavy atom. The fourth-order valence-corrected chi connectivity index (χ4v) is 0.480. The van der Waals surface area contributed by atoms with Gasteiger partial charge in [0.2, 0.25) is 0 Å². The van der Waals surface area contributed by atoms with Crippen LogP contribution in [0.5, 0.6) is 0 Å². The molecule has 2 nitrogen and oxygen atoms in total. The molecule has 0 amide bonds. The highest BCUT2D eigenvalue weighted by Gasteiger charge is 2.10. The lowest BCUT2D eigenvalue weighted by atomic mass is 10.5. The van der Waals surface area contributed by atoms with Crippen molar-refractivity contribution < 1.29 is 13.2 Å². The van der Waals surface area contributed by atoms with Crippen molar-refractivity contribution in [1.82, 2.24) is 4.98 Å². The molecule has 0 saturated heterocycles. The van der Waals surface area contributed by atoms with Crippen LogP contribution in [0.2, 0.25) is 0 Å². The quantitative estimate of drug-likeness (QED) is 0.584. The molecule has 0 spiro atoms. The summed E-state index contributed by atoms with van der Waals surface area (Å²) >= 11 is 0. The highest BCUT2D eigenvalue weighted by atomic mass is 19.3. The summed E-state index contributed by atoms with van der Waals surface area (Å²) < 4.78 is 27.9. The van der Waals surface area contributed by atoms with E-state index in [1.54, 1.807) is 0 Å². The molecular weight excluding hydrogens is 128 g/mol. The van der Waals surface area contributed by atoms with Gasteiger partial charge in [0.1, 0.15) is 12.0 Å². The molecule has 0 aliphatic carbocycles. The molecule has 0 fully saturated rings. The normalized spacial score (nSPS) is 10.7. The molecule has 0 aromatic carbocycles. The van der Waals surface area contributed by atoms with Gasteiger partial charge < -0.3 is 4.42 Å². The molecule has 0 atom stereocenters. The third kappa shape index (κ3) is 1.25. The van der Waals surface area contributed by atoms with Gasteiger partial charge in [-0.25, -0.2) is 13.8 Å². The number of hydrogen-bond donors (Lipinski definition) is 0. The standard InChI is InChI=1S/C5H5F2NO/c1-3-8-4(2-9-3)5(6)7/h2,5H,1H3. The van der Waals surface area contributed by atoms with Crippen LogP contribution in [0, 0.1) is 6.92 Å². The van der Waals surface area contributed by atoms with E-state index in [-0.39, 0.29) is 11.6 Å². The Balaban J connectivity index is 2.85. The van der Waals surface area contributed by atoms with Crippen molar-refractivity contribution in [2.75, 3.05) is 0 Å². The summed E-state index contributed by atoms with van der Waals surface area (Å²) in [5.74, 6) is 0.269. The summed E-state index contributed by atoms with van der Waals surface area (Å²) in [5, 5.41) is 0. The van der Waals surface area contributed by atoms with E-state index in [0.29, 0.717) is 0 Å². The highest BCUT2D eigenvalue weighted by Crippen LogP contribution is 2.16. The molecule has 9 heavy (non-hydrogen) atoms. The Morgan fingerprint density at radius 1 is 1.67 bits per heavy atom. The zero-order valence-electron chi connectivity index (χ0n) is 4.77. The van der Waals surface area contributed by atoms with Crippen LogP contribution in [0.15, 0.2) is 10.7 Å². The first-order valence-corrected chi connectivity index (χ1v) is 2.40. The van der Waals surface area contributed by atoms with Crippen LogP contribution in [0.3, 0.4) is 0 Å². The van der Waals surface area contributed by atoms with Crippen molar-refractivity contribution >= 4 is 0 Å². The molecule has 50 valence electrons. The first-order valence-electron chi connectivity index (χ1n) is 2.40. The molecule has 1 aromatic heterocycles. The molecule has 1 rings (SSSR count). The molecule has 0 aliphatic heterocycles. The van der Waals surface area contributed by atoms with Gasteiger partial charge in [0, 0.05) is 6.92 Å². The van der Waals surface area contributed by atoms with Crippen LogP contribution in [-0.2, 0) is 0 Å². The van der Waals surface area contributed by atoms with Crippen LogP contribution in [0.4, 0.5) is 8.78 Å². The fourth-order valence-electron chi connectivity index (χ4n) is 0.480. The van der Waals surface area contributed by atoms with Gasteiger partial charge in [0.15, 0.2) is 5.89 Å². The van der Waals surface area contributed by atoms with Crippen molar-refractivity contribution in [2.45, 2.75) is 13.3 Å². The van der Waals surface area contributed by atoms with Gasteiger partial charge >= 0.3 is 0 Å². The molecule has 0 radical (unpaired) electrons. The second kappa shape index (κ2) is 2.13. The maximum atomic E-state index is 11.7. The minimum absolute atomic E-state index is 0.269. The van der Waals surface area contributed by atoms with Gasteiger partial charge in [-0.05, 0) is 0 Å². The SMILES string of the molecule is Cc1nc(C(F)F)co1. The van der Waals surface area contributed by atoms with E-state index in [0.717, 1.165) is 6.26 Å². The Morgan fingerprint density at radius 2 is 2.33 bits per heavy atom. The molecule has 0 saturated carbocycles. The molecule has 0 unspecified atom stereocenters. The lowest BCUT2D eigenvalue weighted by Gasteiger charge is -1.85. The van der Waals surface area contributed by atoms with Crippen LogP contribution < -0.4 is 0 Å². The average Bonchev–Trinajstić information content (AvgIpc) is 2.14. The van der Waals surface area contributed by atoms with Gasteiger partial charge in [-0.2, -0.15) is 0 Å². The largest absolute Gasteiger partial charge is 0.449 e. The van der Waals surface area contributed by atoms with E-state index >= 15 is 0 Å². The Kier molecular flexibility index (Phi) is 1.46. The van der Waals surface area contributed by atoms with Crippen molar-refractivity contribution in [2.24, 2.45) is 0 Å². The van der Waals surface area contributed by atoms with Gasteiger partial charge in [-0.1, -0.05) is 0 Å². The number of halogens is 2. The monoisotopic (exact) mass is 133 g/mol. The Bertz CT molecular complexity index is 197. The smallest absolute Gasteiger partial charge is 0.283 e. The lowest BCUT2D eigenvalue weighted by molar-refractivity contribution is 0.146. The molecule has 4 heteroatoms. The van der Waals surface area contributed by atoms with Crippen LogP contribution >= 0.6 is 0 Å². The average molecular weight is 133 g/mol. The summed E-state index contributed by atoms with van der Waals surface area (Å²) in [6, 6.07) is 0. The molecule has 1 aromatic rings.